The Morgan fingerprint density at radius 1 is 0.929 bits per heavy atom. The van der Waals surface area contributed by atoms with Gasteiger partial charge in [0.15, 0.2) is 22.5 Å². The molecule has 1 N–H and O–H groups in total. The van der Waals surface area contributed by atoms with E-state index in [-0.39, 0.29) is 17.7 Å². The highest BCUT2D eigenvalue weighted by molar-refractivity contribution is 7.99. The van der Waals surface area contributed by atoms with Crippen LogP contribution in [0.4, 0.5) is 17.1 Å². The Hall–Kier alpha value is -3.98. The van der Waals surface area contributed by atoms with E-state index >= 15 is 0 Å². The topological polar surface area (TPSA) is 81.5 Å². The van der Waals surface area contributed by atoms with E-state index in [1.165, 1.54) is 31.0 Å². The minimum Gasteiger partial charge on any atom is -0.493 e. The molecule has 9 heteroatoms. The molecule has 0 atom stereocenters. The third-order valence-corrected chi connectivity index (χ3v) is 8.50. The van der Waals surface area contributed by atoms with Crippen molar-refractivity contribution in [3.8, 4) is 22.9 Å². The molecule has 42 heavy (non-hydrogen) atoms. The fourth-order valence-corrected chi connectivity index (χ4v) is 6.39. The van der Waals surface area contributed by atoms with Crippen molar-refractivity contribution in [1.29, 1.82) is 0 Å². The monoisotopic (exact) mass is 585 g/mol. The van der Waals surface area contributed by atoms with E-state index in [2.05, 4.69) is 51.0 Å². The Kier molecular flexibility index (Phi) is 9.69. The van der Waals surface area contributed by atoms with Crippen molar-refractivity contribution < 1.29 is 14.3 Å². The van der Waals surface area contributed by atoms with Gasteiger partial charge in [0.25, 0.3) is 0 Å². The highest BCUT2D eigenvalue weighted by Gasteiger charge is 2.25. The third-order valence-electron chi connectivity index (χ3n) is 7.56. The lowest BCUT2D eigenvalue weighted by Crippen LogP contribution is -2.25. The number of anilines is 3. The summed E-state index contributed by atoms with van der Waals surface area (Å²) in [6.45, 7) is 4.34. The molecule has 220 valence electrons. The van der Waals surface area contributed by atoms with E-state index in [9.17, 15) is 4.79 Å². The molecule has 0 bridgehead atoms. The molecule has 1 fully saturated rings. The summed E-state index contributed by atoms with van der Waals surface area (Å²) in [5.74, 6) is 2.26. The number of carbonyl (C=O) groups is 1. The maximum Gasteiger partial charge on any atom is 0.234 e. The fraction of sp³-hybridized carbons (Fsp3) is 0.364. The van der Waals surface area contributed by atoms with Crippen LogP contribution in [0.1, 0.15) is 52.0 Å². The van der Waals surface area contributed by atoms with Crippen LogP contribution in [-0.4, -0.2) is 46.7 Å². The Labute approximate surface area is 252 Å². The molecule has 1 amide bonds. The maximum absolute atomic E-state index is 13.0. The zero-order valence-electron chi connectivity index (χ0n) is 24.7. The van der Waals surface area contributed by atoms with E-state index < -0.39 is 0 Å². The molecule has 1 aliphatic rings. The number of nitrogens with zero attached hydrogens (tertiary/aromatic N) is 4. The van der Waals surface area contributed by atoms with Gasteiger partial charge >= 0.3 is 0 Å². The first-order chi connectivity index (χ1) is 20.5. The molecule has 0 saturated heterocycles. The quantitative estimate of drug-likeness (QED) is 0.180. The van der Waals surface area contributed by atoms with Gasteiger partial charge in [0.2, 0.25) is 5.91 Å². The molecule has 4 aromatic rings. The van der Waals surface area contributed by atoms with Gasteiger partial charge in [-0.2, -0.15) is 0 Å². The van der Waals surface area contributed by atoms with Gasteiger partial charge in [0, 0.05) is 34.7 Å². The number of amides is 1. The van der Waals surface area contributed by atoms with Crippen LogP contribution in [0.15, 0.2) is 78.0 Å². The van der Waals surface area contributed by atoms with Gasteiger partial charge in [-0.1, -0.05) is 49.2 Å². The van der Waals surface area contributed by atoms with E-state index in [1.807, 2.05) is 60.7 Å². The summed E-state index contributed by atoms with van der Waals surface area (Å²) >= 11 is 1.42. The highest BCUT2D eigenvalue weighted by Crippen LogP contribution is 2.38. The Balaban J connectivity index is 1.30. The number of thioether (sulfide) groups is 1. The highest BCUT2D eigenvalue weighted by atomic mass is 32.2. The van der Waals surface area contributed by atoms with Crippen LogP contribution >= 0.6 is 11.8 Å². The number of carbonyl (C=O) groups excluding carboxylic acids is 1. The first-order valence-electron chi connectivity index (χ1n) is 14.5. The van der Waals surface area contributed by atoms with Crippen molar-refractivity contribution in [1.82, 2.24) is 14.8 Å². The molecule has 1 aromatic heterocycles. The Bertz CT molecular complexity index is 1470. The number of aromatic nitrogens is 3. The molecule has 1 saturated carbocycles. The number of hydrogen-bond donors (Lipinski definition) is 1. The molecule has 1 heterocycles. The van der Waals surface area contributed by atoms with Crippen molar-refractivity contribution in [3.63, 3.8) is 0 Å². The standard InChI is InChI=1S/C33H39N5O3S/c1-23(2)37(26-11-7-5-8-12-26)28-18-16-25(17-19-28)34-31(39)22-42-33-36-35-32(38(33)27-13-9-6-10-14-27)24-15-20-29(40-3)30(21-24)41-4/h5,7-8,11-12,15-21,23,27H,6,9-10,13-14,22H2,1-4H3,(H,34,39). The predicted octanol–water partition coefficient (Wildman–Crippen LogP) is 7.74. The summed E-state index contributed by atoms with van der Waals surface area (Å²) < 4.78 is 13.2. The lowest BCUT2D eigenvalue weighted by Gasteiger charge is -2.29. The number of para-hydroxylation sites is 1. The maximum atomic E-state index is 13.0. The van der Waals surface area contributed by atoms with Crippen molar-refractivity contribution in [3.05, 3.63) is 72.8 Å². The Morgan fingerprint density at radius 2 is 1.62 bits per heavy atom. The van der Waals surface area contributed by atoms with Crippen LogP contribution in [0.5, 0.6) is 11.5 Å². The van der Waals surface area contributed by atoms with E-state index in [4.69, 9.17) is 9.47 Å². The summed E-state index contributed by atoms with van der Waals surface area (Å²) in [6, 6.07) is 24.7. The zero-order valence-corrected chi connectivity index (χ0v) is 25.6. The molecule has 5 rings (SSSR count). The number of nitrogens with one attached hydrogen (secondary N) is 1. The molecule has 0 unspecified atom stereocenters. The minimum absolute atomic E-state index is 0.0811. The van der Waals surface area contributed by atoms with E-state index in [0.717, 1.165) is 46.4 Å². The first-order valence-corrected chi connectivity index (χ1v) is 15.5. The summed E-state index contributed by atoms with van der Waals surface area (Å²) in [7, 11) is 3.26. The number of benzene rings is 3. The van der Waals surface area contributed by atoms with E-state index in [0.29, 0.717) is 17.5 Å². The fourth-order valence-electron chi connectivity index (χ4n) is 5.58. The van der Waals surface area contributed by atoms with Crippen molar-refractivity contribution >= 4 is 34.7 Å². The zero-order chi connectivity index (χ0) is 29.5. The largest absolute Gasteiger partial charge is 0.493 e. The van der Waals surface area contributed by atoms with Gasteiger partial charge in [-0.05, 0) is 81.3 Å². The number of methoxy groups -OCH3 is 2. The molecule has 3 aromatic carbocycles. The van der Waals surface area contributed by atoms with Crippen LogP contribution in [0.25, 0.3) is 11.4 Å². The molecule has 0 spiro atoms. The normalized spacial score (nSPS) is 13.6. The summed E-state index contributed by atoms with van der Waals surface area (Å²) in [4.78, 5) is 15.3. The van der Waals surface area contributed by atoms with Gasteiger partial charge in [0.05, 0.1) is 20.0 Å². The van der Waals surface area contributed by atoms with Gasteiger partial charge in [-0.15, -0.1) is 10.2 Å². The number of rotatable bonds is 11. The Morgan fingerprint density at radius 3 is 2.29 bits per heavy atom. The lowest BCUT2D eigenvalue weighted by atomic mass is 9.95. The summed E-state index contributed by atoms with van der Waals surface area (Å²) in [5, 5.41) is 12.9. The average molecular weight is 586 g/mol. The molecular formula is C33H39N5O3S. The second-order valence-electron chi connectivity index (χ2n) is 10.7. The molecule has 0 aliphatic heterocycles. The average Bonchev–Trinajstić information content (AvgIpc) is 3.45. The van der Waals surface area contributed by atoms with Crippen LogP contribution in [0, 0.1) is 0 Å². The number of hydrogen-bond acceptors (Lipinski definition) is 7. The molecule has 1 aliphatic carbocycles. The SMILES string of the molecule is COc1ccc(-c2nnc(SCC(=O)Nc3ccc(N(c4ccccc4)C(C)C)cc3)n2C2CCCCC2)cc1OC. The summed E-state index contributed by atoms with van der Waals surface area (Å²) in [5.41, 5.74) is 3.89. The van der Waals surface area contributed by atoms with Gasteiger partial charge in [-0.3, -0.25) is 9.36 Å². The molecule has 8 nitrogen and oxygen atoms in total. The third kappa shape index (κ3) is 6.73. The van der Waals surface area contributed by atoms with Crippen LogP contribution < -0.4 is 19.7 Å². The first kappa shape index (κ1) is 29.5. The van der Waals surface area contributed by atoms with Crippen LogP contribution in [-0.2, 0) is 4.79 Å². The van der Waals surface area contributed by atoms with Gasteiger partial charge < -0.3 is 19.7 Å². The van der Waals surface area contributed by atoms with E-state index in [1.54, 1.807) is 14.2 Å². The summed E-state index contributed by atoms with van der Waals surface area (Å²) in [6.07, 6.45) is 5.73. The second kappa shape index (κ2) is 13.8. The minimum atomic E-state index is -0.0811. The van der Waals surface area contributed by atoms with Gasteiger partial charge in [-0.25, -0.2) is 0 Å². The van der Waals surface area contributed by atoms with Crippen LogP contribution in [0.2, 0.25) is 0 Å². The second-order valence-corrected chi connectivity index (χ2v) is 11.7. The van der Waals surface area contributed by atoms with Gasteiger partial charge in [0.1, 0.15) is 0 Å². The molecular weight excluding hydrogens is 546 g/mol. The number of ether oxygens (including phenoxy) is 2. The van der Waals surface area contributed by atoms with Crippen molar-refractivity contribution in [2.75, 3.05) is 30.2 Å². The predicted molar refractivity (Wildman–Crippen MR) is 170 cm³/mol. The molecule has 0 radical (unpaired) electrons. The lowest BCUT2D eigenvalue weighted by molar-refractivity contribution is -0.113. The van der Waals surface area contributed by atoms with Crippen molar-refractivity contribution in [2.24, 2.45) is 0 Å². The van der Waals surface area contributed by atoms with Crippen LogP contribution in [0.3, 0.4) is 0 Å². The smallest absolute Gasteiger partial charge is 0.234 e. The van der Waals surface area contributed by atoms with Crippen molar-refractivity contribution in [2.45, 2.75) is 63.2 Å².